The fourth-order valence-electron chi connectivity index (χ4n) is 6.42. The summed E-state index contributed by atoms with van der Waals surface area (Å²) >= 11 is 0. The standard InChI is InChI=1S/C19H29N3O3/c1-20-16(23)7-15-18(25)21-2-3-22(15)17(24)11-19-8-12-4-13(9-19)6-14(5-12)10-19/h12-15H,2-11H2,1H3,(H,20,23)(H,21,25)/t12?,13?,14?,15-,19?/m1/s1. The van der Waals surface area contributed by atoms with Crippen molar-refractivity contribution in [2.75, 3.05) is 20.1 Å². The Bertz CT molecular complexity index is 553. The summed E-state index contributed by atoms with van der Waals surface area (Å²) < 4.78 is 0. The highest BCUT2D eigenvalue weighted by molar-refractivity contribution is 5.93. The molecule has 0 spiro atoms. The maximum atomic E-state index is 13.1. The number of carbonyl (C=O) groups is 3. The zero-order valence-corrected chi connectivity index (χ0v) is 15.1. The third-order valence-corrected chi connectivity index (χ3v) is 7.00. The molecule has 5 fully saturated rings. The number of rotatable bonds is 4. The summed E-state index contributed by atoms with van der Waals surface area (Å²) in [6, 6.07) is -0.657. The first-order valence-electron chi connectivity index (χ1n) is 9.76. The van der Waals surface area contributed by atoms with Gasteiger partial charge in [0.1, 0.15) is 6.04 Å². The van der Waals surface area contributed by atoms with Gasteiger partial charge in [-0.05, 0) is 61.7 Å². The molecule has 3 amide bonds. The van der Waals surface area contributed by atoms with E-state index < -0.39 is 6.04 Å². The first-order valence-corrected chi connectivity index (χ1v) is 9.76. The van der Waals surface area contributed by atoms with Crippen LogP contribution in [0.1, 0.15) is 51.4 Å². The summed E-state index contributed by atoms with van der Waals surface area (Å²) in [5.74, 6) is 2.11. The molecule has 25 heavy (non-hydrogen) atoms. The van der Waals surface area contributed by atoms with Crippen LogP contribution in [0.5, 0.6) is 0 Å². The van der Waals surface area contributed by atoms with Gasteiger partial charge in [0.2, 0.25) is 17.7 Å². The second-order valence-corrected chi connectivity index (χ2v) is 8.87. The molecule has 5 aliphatic rings. The summed E-state index contributed by atoms with van der Waals surface area (Å²) in [4.78, 5) is 38.8. The highest BCUT2D eigenvalue weighted by Crippen LogP contribution is 2.61. The van der Waals surface area contributed by atoms with Gasteiger partial charge in [-0.3, -0.25) is 14.4 Å². The predicted octanol–water partition coefficient (Wildman–Crippen LogP) is 1.06. The highest BCUT2D eigenvalue weighted by Gasteiger charge is 2.52. The number of nitrogens with one attached hydrogen (secondary N) is 2. The molecule has 0 radical (unpaired) electrons. The third-order valence-electron chi connectivity index (χ3n) is 7.00. The Morgan fingerprint density at radius 1 is 1.16 bits per heavy atom. The summed E-state index contributed by atoms with van der Waals surface area (Å²) in [7, 11) is 1.56. The lowest BCUT2D eigenvalue weighted by Crippen LogP contribution is -2.59. The van der Waals surface area contributed by atoms with E-state index in [0.29, 0.717) is 19.5 Å². The molecule has 1 atom stereocenters. The second-order valence-electron chi connectivity index (χ2n) is 8.87. The lowest BCUT2D eigenvalue weighted by atomic mass is 9.49. The van der Waals surface area contributed by atoms with E-state index in [9.17, 15) is 14.4 Å². The zero-order valence-electron chi connectivity index (χ0n) is 15.1. The molecule has 6 nitrogen and oxygen atoms in total. The van der Waals surface area contributed by atoms with E-state index in [-0.39, 0.29) is 29.6 Å². The van der Waals surface area contributed by atoms with Crippen LogP contribution in [-0.2, 0) is 14.4 Å². The van der Waals surface area contributed by atoms with Crippen molar-refractivity contribution in [2.45, 2.75) is 57.4 Å². The van der Waals surface area contributed by atoms with Crippen LogP contribution in [0, 0.1) is 23.2 Å². The quantitative estimate of drug-likeness (QED) is 0.798. The highest BCUT2D eigenvalue weighted by atomic mass is 16.2. The van der Waals surface area contributed by atoms with Gasteiger partial charge in [-0.15, -0.1) is 0 Å². The number of hydrogen-bond donors (Lipinski definition) is 2. The Morgan fingerprint density at radius 3 is 2.32 bits per heavy atom. The molecule has 138 valence electrons. The minimum absolute atomic E-state index is 0.0505. The Balaban J connectivity index is 1.47. The molecule has 0 aromatic heterocycles. The van der Waals surface area contributed by atoms with Crippen LogP contribution in [0.2, 0.25) is 0 Å². The fourth-order valence-corrected chi connectivity index (χ4v) is 6.42. The van der Waals surface area contributed by atoms with E-state index in [0.717, 1.165) is 17.8 Å². The van der Waals surface area contributed by atoms with E-state index in [1.807, 2.05) is 0 Å². The van der Waals surface area contributed by atoms with Gasteiger partial charge >= 0.3 is 0 Å². The number of nitrogens with zero attached hydrogens (tertiary/aromatic N) is 1. The van der Waals surface area contributed by atoms with Crippen molar-refractivity contribution in [3.63, 3.8) is 0 Å². The maximum absolute atomic E-state index is 13.1. The third kappa shape index (κ3) is 3.15. The average Bonchev–Trinajstić information content (AvgIpc) is 2.54. The van der Waals surface area contributed by atoms with E-state index in [4.69, 9.17) is 0 Å². The molecule has 1 heterocycles. The van der Waals surface area contributed by atoms with Crippen LogP contribution in [0.25, 0.3) is 0 Å². The van der Waals surface area contributed by atoms with Crippen molar-refractivity contribution < 1.29 is 14.4 Å². The summed E-state index contributed by atoms with van der Waals surface area (Å²) in [6.07, 6.45) is 8.25. The lowest BCUT2D eigenvalue weighted by Gasteiger charge is -2.57. The molecule has 0 unspecified atom stereocenters. The monoisotopic (exact) mass is 347 g/mol. The molecular formula is C19H29N3O3. The minimum atomic E-state index is -0.657. The van der Waals surface area contributed by atoms with Crippen molar-refractivity contribution in [1.29, 1.82) is 0 Å². The maximum Gasteiger partial charge on any atom is 0.243 e. The Labute approximate surface area is 149 Å². The van der Waals surface area contributed by atoms with Gasteiger partial charge in [0.15, 0.2) is 0 Å². The molecule has 0 aromatic carbocycles. The van der Waals surface area contributed by atoms with E-state index >= 15 is 0 Å². The SMILES string of the molecule is CNC(=O)C[C@@H]1C(=O)NCCN1C(=O)CC12CC3CC(CC(C3)C1)C2. The molecular weight excluding hydrogens is 318 g/mol. The second kappa shape index (κ2) is 6.29. The number of amides is 3. The Kier molecular flexibility index (Phi) is 4.24. The summed E-state index contributed by atoms with van der Waals surface area (Å²) in [5, 5.41) is 5.36. The van der Waals surface area contributed by atoms with E-state index in [1.54, 1.807) is 11.9 Å². The van der Waals surface area contributed by atoms with Crippen LogP contribution in [0.15, 0.2) is 0 Å². The number of hydrogen-bond acceptors (Lipinski definition) is 3. The molecule has 5 rings (SSSR count). The topological polar surface area (TPSA) is 78.5 Å². The lowest BCUT2D eigenvalue weighted by molar-refractivity contribution is -0.150. The Morgan fingerprint density at radius 2 is 1.76 bits per heavy atom. The molecule has 4 saturated carbocycles. The number of piperazine rings is 1. The van der Waals surface area contributed by atoms with Gasteiger partial charge < -0.3 is 15.5 Å². The molecule has 0 aromatic rings. The van der Waals surface area contributed by atoms with Crippen molar-refractivity contribution >= 4 is 17.7 Å². The minimum Gasteiger partial charge on any atom is -0.359 e. The van der Waals surface area contributed by atoms with Gasteiger partial charge in [0.25, 0.3) is 0 Å². The summed E-state index contributed by atoms with van der Waals surface area (Å²) in [5.41, 5.74) is 0.164. The van der Waals surface area contributed by atoms with E-state index in [2.05, 4.69) is 10.6 Å². The van der Waals surface area contributed by atoms with Gasteiger partial charge in [-0.25, -0.2) is 0 Å². The van der Waals surface area contributed by atoms with Crippen molar-refractivity contribution in [3.8, 4) is 0 Å². The molecule has 6 heteroatoms. The van der Waals surface area contributed by atoms with Crippen LogP contribution >= 0.6 is 0 Å². The van der Waals surface area contributed by atoms with Gasteiger partial charge in [-0.1, -0.05) is 0 Å². The molecule has 1 saturated heterocycles. The summed E-state index contributed by atoms with van der Waals surface area (Å²) in [6.45, 7) is 0.994. The molecule has 4 aliphatic carbocycles. The molecule has 2 N–H and O–H groups in total. The van der Waals surface area contributed by atoms with Crippen LogP contribution < -0.4 is 10.6 Å². The predicted molar refractivity (Wildman–Crippen MR) is 92.4 cm³/mol. The van der Waals surface area contributed by atoms with Gasteiger partial charge in [-0.2, -0.15) is 0 Å². The van der Waals surface area contributed by atoms with Crippen molar-refractivity contribution in [1.82, 2.24) is 15.5 Å². The van der Waals surface area contributed by atoms with E-state index in [1.165, 1.54) is 38.5 Å². The normalized spacial score (nSPS) is 39.2. The van der Waals surface area contributed by atoms with Gasteiger partial charge in [0, 0.05) is 26.6 Å². The van der Waals surface area contributed by atoms with Crippen LogP contribution in [0.3, 0.4) is 0 Å². The molecule has 1 aliphatic heterocycles. The first-order chi connectivity index (χ1) is 12.0. The molecule has 4 bridgehead atoms. The fraction of sp³-hybridized carbons (Fsp3) is 0.842. The van der Waals surface area contributed by atoms with Crippen molar-refractivity contribution in [3.05, 3.63) is 0 Å². The van der Waals surface area contributed by atoms with Crippen molar-refractivity contribution in [2.24, 2.45) is 23.2 Å². The smallest absolute Gasteiger partial charge is 0.243 e. The average molecular weight is 347 g/mol. The number of carbonyl (C=O) groups excluding carboxylic acids is 3. The van der Waals surface area contributed by atoms with Crippen LogP contribution in [0.4, 0.5) is 0 Å². The van der Waals surface area contributed by atoms with Gasteiger partial charge in [0.05, 0.1) is 6.42 Å². The first kappa shape index (κ1) is 16.9. The van der Waals surface area contributed by atoms with Crippen LogP contribution in [-0.4, -0.2) is 48.8 Å². The largest absolute Gasteiger partial charge is 0.359 e. The zero-order chi connectivity index (χ0) is 17.6. The Hall–Kier alpha value is -1.59.